The molecule has 1 spiro atoms. The van der Waals surface area contributed by atoms with Crippen molar-refractivity contribution in [3.8, 4) is 0 Å². The highest BCUT2D eigenvalue weighted by Gasteiger charge is 2.37. The number of aliphatic hydroxyl groups is 1. The van der Waals surface area contributed by atoms with Gasteiger partial charge in [-0.1, -0.05) is 12.8 Å². The molecule has 1 heterocycles. The van der Waals surface area contributed by atoms with Crippen LogP contribution in [0, 0.1) is 5.41 Å². The van der Waals surface area contributed by atoms with Gasteiger partial charge in [-0.2, -0.15) is 0 Å². The van der Waals surface area contributed by atoms with Gasteiger partial charge in [0.05, 0.1) is 12.5 Å². The predicted molar refractivity (Wildman–Crippen MR) is 64.8 cm³/mol. The van der Waals surface area contributed by atoms with Gasteiger partial charge in [0.2, 0.25) is 0 Å². The Morgan fingerprint density at radius 2 is 1.76 bits per heavy atom. The number of hydrogen-bond donors (Lipinski definition) is 2. The van der Waals surface area contributed by atoms with Gasteiger partial charge in [0, 0.05) is 6.54 Å². The monoisotopic (exact) mass is 241 g/mol. The van der Waals surface area contributed by atoms with E-state index in [1.807, 2.05) is 0 Å². The van der Waals surface area contributed by atoms with E-state index in [-0.39, 0.29) is 6.42 Å². The van der Waals surface area contributed by atoms with Crippen LogP contribution in [0.15, 0.2) is 0 Å². The van der Waals surface area contributed by atoms with Crippen LogP contribution in [-0.4, -0.2) is 46.8 Å². The van der Waals surface area contributed by atoms with E-state index in [0.29, 0.717) is 12.0 Å². The Hall–Kier alpha value is -0.610. The first kappa shape index (κ1) is 12.8. The summed E-state index contributed by atoms with van der Waals surface area (Å²) in [4.78, 5) is 12.7. The lowest BCUT2D eigenvalue weighted by atomic mass is 9.77. The maximum Gasteiger partial charge on any atom is 0.306 e. The molecule has 2 rings (SSSR count). The van der Waals surface area contributed by atoms with Gasteiger partial charge in [-0.05, 0) is 44.2 Å². The number of nitrogens with zero attached hydrogens (tertiary/aromatic N) is 1. The zero-order chi connectivity index (χ0) is 12.3. The van der Waals surface area contributed by atoms with Gasteiger partial charge < -0.3 is 15.1 Å². The van der Waals surface area contributed by atoms with E-state index in [2.05, 4.69) is 4.90 Å². The van der Waals surface area contributed by atoms with Crippen LogP contribution in [0.3, 0.4) is 0 Å². The molecule has 0 bridgehead atoms. The fourth-order valence-electron chi connectivity index (χ4n) is 3.40. The molecule has 4 heteroatoms. The summed E-state index contributed by atoms with van der Waals surface area (Å²) in [5, 5.41) is 18.2. The summed E-state index contributed by atoms with van der Waals surface area (Å²) in [6.45, 7) is 2.57. The first-order valence-electron chi connectivity index (χ1n) is 6.72. The van der Waals surface area contributed by atoms with Gasteiger partial charge in [-0.15, -0.1) is 0 Å². The number of β-amino-alcohol motifs (C(OH)–C–C–N with tert-alkyl or cyclic N) is 1. The van der Waals surface area contributed by atoms with Gasteiger partial charge in [0.1, 0.15) is 0 Å². The minimum absolute atomic E-state index is 0.137. The Morgan fingerprint density at radius 1 is 1.18 bits per heavy atom. The molecule has 1 atom stereocenters. The van der Waals surface area contributed by atoms with Gasteiger partial charge in [-0.25, -0.2) is 0 Å². The molecular formula is C13H23NO3. The molecular weight excluding hydrogens is 218 g/mol. The standard InChI is InChI=1S/C13H23NO3/c15-11(9-12(16)17)10-14-7-5-13(6-8-14)3-1-2-4-13/h11,15H,1-10H2,(H,16,17). The van der Waals surface area contributed by atoms with Gasteiger partial charge in [0.15, 0.2) is 0 Å². The van der Waals surface area contributed by atoms with Crippen LogP contribution in [0.4, 0.5) is 0 Å². The molecule has 1 saturated heterocycles. The van der Waals surface area contributed by atoms with E-state index in [1.165, 1.54) is 38.5 Å². The second-order valence-electron chi connectivity index (χ2n) is 5.76. The molecule has 1 aliphatic heterocycles. The molecule has 2 N–H and O–H groups in total. The third-order valence-corrected chi connectivity index (χ3v) is 4.46. The maximum absolute atomic E-state index is 10.5. The van der Waals surface area contributed by atoms with E-state index in [9.17, 15) is 9.90 Å². The Kier molecular flexibility index (Phi) is 4.05. The summed E-state index contributed by atoms with van der Waals surface area (Å²) in [5.41, 5.74) is 0.592. The molecule has 17 heavy (non-hydrogen) atoms. The normalized spacial score (nSPS) is 26.2. The Labute approximate surface area is 103 Å². The molecule has 0 aromatic heterocycles. The zero-order valence-corrected chi connectivity index (χ0v) is 10.4. The largest absolute Gasteiger partial charge is 0.481 e. The SMILES string of the molecule is O=C(O)CC(O)CN1CCC2(CCCC2)CC1. The van der Waals surface area contributed by atoms with Crippen molar-refractivity contribution in [2.45, 2.75) is 51.0 Å². The predicted octanol–water partition coefficient (Wildman–Crippen LogP) is 1.48. The first-order valence-corrected chi connectivity index (χ1v) is 6.72. The van der Waals surface area contributed by atoms with Crippen molar-refractivity contribution in [1.29, 1.82) is 0 Å². The molecule has 1 saturated carbocycles. The summed E-state index contributed by atoms with van der Waals surface area (Å²) in [6, 6.07) is 0. The first-order chi connectivity index (χ1) is 8.10. The second-order valence-corrected chi connectivity index (χ2v) is 5.76. The summed E-state index contributed by atoms with van der Waals surface area (Å²) in [6.07, 6.45) is 7.10. The van der Waals surface area contributed by atoms with Gasteiger partial charge in [0.25, 0.3) is 0 Å². The number of likely N-dealkylation sites (tertiary alicyclic amines) is 1. The molecule has 98 valence electrons. The van der Waals surface area contributed by atoms with E-state index < -0.39 is 12.1 Å². The van der Waals surface area contributed by atoms with Crippen molar-refractivity contribution in [3.63, 3.8) is 0 Å². The van der Waals surface area contributed by atoms with Crippen molar-refractivity contribution in [2.24, 2.45) is 5.41 Å². The lowest BCUT2D eigenvalue weighted by Crippen LogP contribution is -2.42. The van der Waals surface area contributed by atoms with Crippen LogP contribution in [0.2, 0.25) is 0 Å². The minimum Gasteiger partial charge on any atom is -0.481 e. The number of carboxylic acid groups (broad SMARTS) is 1. The van der Waals surface area contributed by atoms with E-state index in [0.717, 1.165) is 13.1 Å². The fraction of sp³-hybridized carbons (Fsp3) is 0.923. The lowest BCUT2D eigenvalue weighted by molar-refractivity contribution is -0.139. The smallest absolute Gasteiger partial charge is 0.306 e. The summed E-state index contributed by atoms with van der Waals surface area (Å²) >= 11 is 0. The molecule has 1 unspecified atom stereocenters. The van der Waals surface area contributed by atoms with Crippen molar-refractivity contribution in [2.75, 3.05) is 19.6 Å². The molecule has 0 amide bonds. The Bertz CT molecular complexity index is 264. The van der Waals surface area contributed by atoms with Crippen LogP contribution in [0.1, 0.15) is 44.9 Å². The molecule has 2 fully saturated rings. The lowest BCUT2D eigenvalue weighted by Gasteiger charge is -2.40. The number of piperidine rings is 1. The zero-order valence-electron chi connectivity index (χ0n) is 10.4. The number of carbonyl (C=O) groups is 1. The fourth-order valence-corrected chi connectivity index (χ4v) is 3.40. The highest BCUT2D eigenvalue weighted by Crippen LogP contribution is 2.46. The third kappa shape index (κ3) is 3.42. The van der Waals surface area contributed by atoms with Gasteiger partial charge >= 0.3 is 5.97 Å². The van der Waals surface area contributed by atoms with Crippen LogP contribution in [0.5, 0.6) is 0 Å². The number of rotatable bonds is 4. The van der Waals surface area contributed by atoms with Crippen LogP contribution in [-0.2, 0) is 4.79 Å². The highest BCUT2D eigenvalue weighted by atomic mass is 16.4. The summed E-state index contributed by atoms with van der Waals surface area (Å²) in [7, 11) is 0. The Morgan fingerprint density at radius 3 is 2.29 bits per heavy atom. The van der Waals surface area contributed by atoms with E-state index >= 15 is 0 Å². The number of aliphatic hydroxyl groups excluding tert-OH is 1. The van der Waals surface area contributed by atoms with Crippen LogP contribution in [0.25, 0.3) is 0 Å². The molecule has 0 aromatic carbocycles. The van der Waals surface area contributed by atoms with Crippen molar-refractivity contribution in [1.82, 2.24) is 4.90 Å². The van der Waals surface area contributed by atoms with E-state index in [4.69, 9.17) is 5.11 Å². The van der Waals surface area contributed by atoms with Crippen molar-refractivity contribution >= 4 is 5.97 Å². The second kappa shape index (κ2) is 5.36. The van der Waals surface area contributed by atoms with E-state index in [1.54, 1.807) is 0 Å². The van der Waals surface area contributed by atoms with Gasteiger partial charge in [-0.3, -0.25) is 4.79 Å². The molecule has 4 nitrogen and oxygen atoms in total. The van der Waals surface area contributed by atoms with Crippen LogP contribution < -0.4 is 0 Å². The summed E-state index contributed by atoms with van der Waals surface area (Å²) in [5.74, 6) is -0.915. The maximum atomic E-state index is 10.5. The minimum atomic E-state index is -0.915. The average molecular weight is 241 g/mol. The van der Waals surface area contributed by atoms with Crippen LogP contribution >= 0.6 is 0 Å². The highest BCUT2D eigenvalue weighted by molar-refractivity contribution is 5.67. The average Bonchev–Trinajstić information content (AvgIpc) is 2.69. The van der Waals surface area contributed by atoms with Crippen molar-refractivity contribution < 1.29 is 15.0 Å². The number of aliphatic carboxylic acids is 1. The third-order valence-electron chi connectivity index (χ3n) is 4.46. The number of carboxylic acids is 1. The summed E-state index contributed by atoms with van der Waals surface area (Å²) < 4.78 is 0. The topological polar surface area (TPSA) is 60.8 Å². The number of hydrogen-bond acceptors (Lipinski definition) is 3. The quantitative estimate of drug-likeness (QED) is 0.782. The molecule has 0 radical (unpaired) electrons. The van der Waals surface area contributed by atoms with Crippen molar-refractivity contribution in [3.05, 3.63) is 0 Å². The molecule has 1 aliphatic carbocycles. The molecule has 0 aromatic rings. The Balaban J connectivity index is 1.73. The molecule has 2 aliphatic rings.